The van der Waals surface area contributed by atoms with Gasteiger partial charge in [0.05, 0.1) is 17.7 Å². The molecule has 114 valence electrons. The van der Waals surface area contributed by atoms with Crippen LogP contribution >= 0.6 is 11.6 Å². The number of rotatable bonds is 7. The predicted octanol–water partition coefficient (Wildman–Crippen LogP) is 1.95. The number of ether oxygens (including phenoxy) is 2. The Balaban J connectivity index is 2.00. The van der Waals surface area contributed by atoms with Crippen LogP contribution in [0.3, 0.4) is 0 Å². The van der Waals surface area contributed by atoms with Crippen LogP contribution in [-0.4, -0.2) is 37.2 Å². The Bertz CT molecular complexity index is 557. The lowest BCUT2D eigenvalue weighted by Crippen LogP contribution is -2.30. The third-order valence-corrected chi connectivity index (χ3v) is 3.39. The highest BCUT2D eigenvalue weighted by Crippen LogP contribution is 2.36. The molecule has 7 heteroatoms. The van der Waals surface area contributed by atoms with Crippen molar-refractivity contribution in [2.45, 2.75) is 12.8 Å². The monoisotopic (exact) mass is 313 g/mol. The second-order valence-electron chi connectivity index (χ2n) is 4.83. The van der Waals surface area contributed by atoms with Gasteiger partial charge >= 0.3 is 5.97 Å². The molecule has 0 atom stereocenters. The molecule has 2 N–H and O–H groups in total. The maximum absolute atomic E-state index is 11.6. The first-order chi connectivity index (χ1) is 10.0. The second-order valence-corrected chi connectivity index (χ2v) is 5.24. The van der Waals surface area contributed by atoms with E-state index in [1.54, 1.807) is 0 Å². The third kappa shape index (κ3) is 4.26. The molecule has 1 aromatic rings. The molecule has 21 heavy (non-hydrogen) atoms. The first-order valence-electron chi connectivity index (χ1n) is 6.51. The van der Waals surface area contributed by atoms with Crippen molar-refractivity contribution in [1.29, 1.82) is 0 Å². The van der Waals surface area contributed by atoms with Gasteiger partial charge in [0, 0.05) is 6.54 Å². The number of methoxy groups -OCH3 is 1. The molecule has 2 rings (SSSR count). The lowest BCUT2D eigenvalue weighted by molar-refractivity contribution is -0.123. The van der Waals surface area contributed by atoms with Crippen LogP contribution in [-0.2, 0) is 4.79 Å². The zero-order valence-electron chi connectivity index (χ0n) is 11.5. The number of hydrogen-bond acceptors (Lipinski definition) is 4. The van der Waals surface area contributed by atoms with Crippen LogP contribution in [0.25, 0.3) is 0 Å². The number of amides is 1. The smallest absolute Gasteiger partial charge is 0.335 e. The van der Waals surface area contributed by atoms with E-state index in [-0.39, 0.29) is 34.6 Å². The molecule has 0 heterocycles. The normalized spacial score (nSPS) is 13.6. The van der Waals surface area contributed by atoms with Crippen molar-refractivity contribution in [3.8, 4) is 11.5 Å². The van der Waals surface area contributed by atoms with Crippen molar-refractivity contribution in [3.63, 3.8) is 0 Å². The first kappa shape index (κ1) is 15.4. The van der Waals surface area contributed by atoms with Crippen LogP contribution in [0, 0.1) is 5.92 Å². The summed E-state index contributed by atoms with van der Waals surface area (Å²) in [6, 6.07) is 2.55. The van der Waals surface area contributed by atoms with Crippen molar-refractivity contribution >= 4 is 23.5 Å². The Labute approximate surface area is 127 Å². The fourth-order valence-electron chi connectivity index (χ4n) is 1.75. The van der Waals surface area contributed by atoms with Crippen molar-refractivity contribution in [3.05, 3.63) is 22.7 Å². The summed E-state index contributed by atoms with van der Waals surface area (Å²) >= 11 is 5.98. The minimum Gasteiger partial charge on any atom is -0.493 e. The number of hydrogen-bond donors (Lipinski definition) is 2. The van der Waals surface area contributed by atoms with Gasteiger partial charge in [0.1, 0.15) is 0 Å². The molecule has 1 aliphatic carbocycles. The topological polar surface area (TPSA) is 84.9 Å². The molecule has 0 aliphatic heterocycles. The van der Waals surface area contributed by atoms with Crippen LogP contribution in [0.4, 0.5) is 0 Å². The lowest BCUT2D eigenvalue weighted by Gasteiger charge is -2.13. The molecule has 0 aromatic heterocycles. The van der Waals surface area contributed by atoms with Gasteiger partial charge in [-0.1, -0.05) is 11.6 Å². The van der Waals surface area contributed by atoms with Crippen LogP contribution in [0.15, 0.2) is 12.1 Å². The van der Waals surface area contributed by atoms with Crippen LogP contribution in [0.5, 0.6) is 11.5 Å². The van der Waals surface area contributed by atoms with Gasteiger partial charge in [-0.15, -0.1) is 0 Å². The summed E-state index contributed by atoms with van der Waals surface area (Å²) in [7, 11) is 1.37. The van der Waals surface area contributed by atoms with Crippen molar-refractivity contribution in [1.82, 2.24) is 5.32 Å². The summed E-state index contributed by atoms with van der Waals surface area (Å²) in [5.74, 6) is -0.450. The van der Waals surface area contributed by atoms with E-state index in [1.807, 2.05) is 0 Å². The Morgan fingerprint density at radius 3 is 2.71 bits per heavy atom. The Kier molecular flexibility index (Phi) is 4.90. The van der Waals surface area contributed by atoms with E-state index in [4.69, 9.17) is 26.2 Å². The molecule has 1 fully saturated rings. The zero-order chi connectivity index (χ0) is 15.4. The Morgan fingerprint density at radius 1 is 1.43 bits per heavy atom. The average Bonchev–Trinajstić information content (AvgIpc) is 3.26. The average molecular weight is 314 g/mol. The summed E-state index contributed by atoms with van der Waals surface area (Å²) in [6.45, 7) is 0.459. The maximum atomic E-state index is 11.6. The van der Waals surface area contributed by atoms with E-state index in [0.29, 0.717) is 12.5 Å². The quantitative estimate of drug-likeness (QED) is 0.803. The molecule has 1 amide bonds. The van der Waals surface area contributed by atoms with Gasteiger partial charge in [-0.2, -0.15) is 0 Å². The maximum Gasteiger partial charge on any atom is 0.335 e. The highest BCUT2D eigenvalue weighted by molar-refractivity contribution is 6.32. The minimum absolute atomic E-state index is 0.0117. The number of carboxylic acid groups (broad SMARTS) is 1. The molecule has 1 aliphatic rings. The lowest BCUT2D eigenvalue weighted by atomic mass is 10.2. The van der Waals surface area contributed by atoms with Crippen LogP contribution in [0.1, 0.15) is 23.2 Å². The van der Waals surface area contributed by atoms with Gasteiger partial charge in [0.25, 0.3) is 5.91 Å². The molecular formula is C14H16ClNO5. The SMILES string of the molecule is COc1cc(C(=O)O)cc(Cl)c1OCC(=O)NCC1CC1. The van der Waals surface area contributed by atoms with Crippen molar-refractivity contribution < 1.29 is 24.2 Å². The number of benzene rings is 1. The van der Waals surface area contributed by atoms with E-state index in [9.17, 15) is 9.59 Å². The Hall–Kier alpha value is -1.95. The highest BCUT2D eigenvalue weighted by Gasteiger charge is 2.22. The summed E-state index contributed by atoms with van der Waals surface area (Å²) in [5, 5.41) is 11.8. The van der Waals surface area contributed by atoms with E-state index in [2.05, 4.69) is 5.32 Å². The predicted molar refractivity (Wildman–Crippen MR) is 76.2 cm³/mol. The van der Waals surface area contributed by atoms with Gasteiger partial charge < -0.3 is 19.9 Å². The van der Waals surface area contributed by atoms with Gasteiger partial charge in [0.15, 0.2) is 18.1 Å². The first-order valence-corrected chi connectivity index (χ1v) is 6.89. The molecule has 0 saturated heterocycles. The number of carbonyl (C=O) groups is 2. The van der Waals surface area contributed by atoms with Gasteiger partial charge in [-0.3, -0.25) is 4.79 Å². The molecule has 1 saturated carbocycles. The fraction of sp³-hybridized carbons (Fsp3) is 0.429. The van der Waals surface area contributed by atoms with E-state index in [0.717, 1.165) is 12.8 Å². The summed E-state index contributed by atoms with van der Waals surface area (Å²) in [4.78, 5) is 22.6. The summed E-state index contributed by atoms with van der Waals surface area (Å²) in [5.41, 5.74) is -0.0117. The van der Waals surface area contributed by atoms with E-state index >= 15 is 0 Å². The molecular weight excluding hydrogens is 298 g/mol. The fourth-order valence-corrected chi connectivity index (χ4v) is 2.02. The van der Waals surface area contributed by atoms with Gasteiger partial charge in [0.2, 0.25) is 0 Å². The van der Waals surface area contributed by atoms with Crippen molar-refractivity contribution in [2.75, 3.05) is 20.3 Å². The molecule has 6 nitrogen and oxygen atoms in total. The third-order valence-electron chi connectivity index (χ3n) is 3.11. The van der Waals surface area contributed by atoms with Gasteiger partial charge in [-0.05, 0) is 30.9 Å². The van der Waals surface area contributed by atoms with Crippen LogP contribution < -0.4 is 14.8 Å². The summed E-state index contributed by atoms with van der Waals surface area (Å²) < 4.78 is 10.4. The molecule has 0 radical (unpaired) electrons. The minimum atomic E-state index is -1.12. The molecule has 0 bridgehead atoms. The number of carbonyl (C=O) groups excluding carboxylic acids is 1. The number of nitrogens with one attached hydrogen (secondary N) is 1. The standard InChI is InChI=1S/C14H16ClNO5/c1-20-11-5-9(14(18)19)4-10(15)13(11)21-7-12(17)16-6-8-2-3-8/h4-5,8H,2-3,6-7H2,1H3,(H,16,17)(H,18,19). The molecule has 0 spiro atoms. The number of aromatic carboxylic acids is 1. The largest absolute Gasteiger partial charge is 0.493 e. The highest BCUT2D eigenvalue weighted by atomic mass is 35.5. The summed E-state index contributed by atoms with van der Waals surface area (Å²) in [6.07, 6.45) is 2.30. The van der Waals surface area contributed by atoms with E-state index in [1.165, 1.54) is 19.2 Å². The number of halogens is 1. The molecule has 0 unspecified atom stereocenters. The number of carboxylic acids is 1. The van der Waals surface area contributed by atoms with Crippen LogP contribution in [0.2, 0.25) is 5.02 Å². The zero-order valence-corrected chi connectivity index (χ0v) is 12.3. The Morgan fingerprint density at radius 2 is 2.14 bits per heavy atom. The van der Waals surface area contributed by atoms with Crippen molar-refractivity contribution in [2.24, 2.45) is 5.92 Å². The van der Waals surface area contributed by atoms with Gasteiger partial charge in [-0.25, -0.2) is 4.79 Å². The second kappa shape index (κ2) is 6.67. The molecule has 1 aromatic carbocycles. The van der Waals surface area contributed by atoms with E-state index < -0.39 is 5.97 Å².